The fraction of sp³-hybridized carbons (Fsp3) is 0.889. The molecule has 2 aliphatic rings. The van der Waals surface area contributed by atoms with Crippen LogP contribution in [0.4, 0.5) is 0 Å². The number of halogens is 1. The molecule has 2 aliphatic heterocycles. The molecule has 2 atom stereocenters. The van der Waals surface area contributed by atoms with Crippen LogP contribution in [0.25, 0.3) is 0 Å². The Kier molecular flexibility index (Phi) is 10.7. The van der Waals surface area contributed by atoms with Crippen molar-refractivity contribution in [3.8, 4) is 0 Å². The smallest absolute Gasteiger partial charge is 0.217 e. The maximum Gasteiger partial charge on any atom is 0.217 e. The first-order valence-corrected chi connectivity index (χ1v) is 9.65. The van der Waals surface area contributed by atoms with Gasteiger partial charge in [-0.1, -0.05) is 6.42 Å². The number of amides is 1. The Bertz CT molecular complexity index is 432. The van der Waals surface area contributed by atoms with Gasteiger partial charge in [0.25, 0.3) is 0 Å². The van der Waals surface area contributed by atoms with Gasteiger partial charge in [0.2, 0.25) is 5.91 Å². The van der Waals surface area contributed by atoms with Gasteiger partial charge in [-0.2, -0.15) is 0 Å². The Morgan fingerprint density at radius 1 is 1.24 bits per heavy atom. The summed E-state index contributed by atoms with van der Waals surface area (Å²) in [6, 6.07) is 0.687. The lowest BCUT2D eigenvalue weighted by atomic mass is 9.95. The number of hydrogen-bond donors (Lipinski definition) is 2. The Balaban J connectivity index is 0.00000312. The predicted molar refractivity (Wildman–Crippen MR) is 114 cm³/mol. The molecular weight excluding hydrogens is 429 g/mol. The van der Waals surface area contributed by atoms with Crippen LogP contribution in [-0.4, -0.2) is 67.0 Å². The second-order valence-electron chi connectivity index (χ2n) is 7.24. The van der Waals surface area contributed by atoms with Gasteiger partial charge in [0.05, 0.1) is 6.54 Å². The second kappa shape index (κ2) is 11.9. The van der Waals surface area contributed by atoms with Crippen LogP contribution < -0.4 is 11.1 Å². The standard InChI is InChI=1S/C18H35N5O.HI/c1-3-20-18(21-9-12-22-10-5-4-7-15(22)2)23-11-6-8-16(14-23)13-17(19)24;/h15-16H,3-14H2,1-2H3,(H2,19,24)(H,20,21);1H. The van der Waals surface area contributed by atoms with Crippen molar-refractivity contribution in [1.82, 2.24) is 15.1 Å². The summed E-state index contributed by atoms with van der Waals surface area (Å²) < 4.78 is 0. The van der Waals surface area contributed by atoms with Gasteiger partial charge >= 0.3 is 0 Å². The molecule has 0 aromatic rings. The zero-order valence-electron chi connectivity index (χ0n) is 15.9. The number of nitrogens with zero attached hydrogens (tertiary/aromatic N) is 3. The molecule has 7 heteroatoms. The summed E-state index contributed by atoms with van der Waals surface area (Å²) in [5, 5.41) is 3.42. The molecule has 0 radical (unpaired) electrons. The molecule has 0 bridgehead atoms. The van der Waals surface area contributed by atoms with Crippen LogP contribution in [0.15, 0.2) is 4.99 Å². The lowest BCUT2D eigenvalue weighted by Crippen LogP contribution is -2.47. The van der Waals surface area contributed by atoms with Gasteiger partial charge < -0.3 is 16.0 Å². The number of nitrogens with two attached hydrogens (primary N) is 1. The number of aliphatic imine (C=N–C) groups is 1. The summed E-state index contributed by atoms with van der Waals surface area (Å²) in [4.78, 5) is 20.9. The van der Waals surface area contributed by atoms with E-state index in [2.05, 4.69) is 29.0 Å². The van der Waals surface area contributed by atoms with E-state index in [1.807, 2.05) is 0 Å². The minimum Gasteiger partial charge on any atom is -0.370 e. The largest absolute Gasteiger partial charge is 0.370 e. The van der Waals surface area contributed by atoms with Crippen molar-refractivity contribution in [2.45, 2.75) is 58.4 Å². The normalized spacial score (nSPS) is 25.4. The number of nitrogens with one attached hydrogen (secondary N) is 1. The zero-order valence-corrected chi connectivity index (χ0v) is 18.2. The molecular formula is C18H36IN5O. The third-order valence-electron chi connectivity index (χ3n) is 5.23. The van der Waals surface area contributed by atoms with Crippen molar-refractivity contribution in [3.63, 3.8) is 0 Å². The highest BCUT2D eigenvalue weighted by Gasteiger charge is 2.23. The van der Waals surface area contributed by atoms with E-state index in [1.54, 1.807) is 0 Å². The van der Waals surface area contributed by atoms with E-state index in [1.165, 1.54) is 25.8 Å². The minimum atomic E-state index is -0.192. The van der Waals surface area contributed by atoms with Crippen molar-refractivity contribution in [2.24, 2.45) is 16.6 Å². The topological polar surface area (TPSA) is 74.0 Å². The molecule has 0 aliphatic carbocycles. The molecule has 0 saturated carbocycles. The van der Waals surface area contributed by atoms with E-state index in [0.29, 0.717) is 18.4 Å². The molecule has 6 nitrogen and oxygen atoms in total. The fourth-order valence-electron chi connectivity index (χ4n) is 3.91. The highest BCUT2D eigenvalue weighted by molar-refractivity contribution is 14.0. The van der Waals surface area contributed by atoms with Crippen molar-refractivity contribution in [1.29, 1.82) is 0 Å². The van der Waals surface area contributed by atoms with Crippen LogP contribution in [0.1, 0.15) is 52.4 Å². The van der Waals surface area contributed by atoms with Gasteiger partial charge in [0.15, 0.2) is 5.96 Å². The van der Waals surface area contributed by atoms with E-state index >= 15 is 0 Å². The Morgan fingerprint density at radius 2 is 2.04 bits per heavy atom. The SMILES string of the molecule is CCNC(=NCCN1CCCCC1C)N1CCCC(CC(N)=O)C1.I. The lowest BCUT2D eigenvalue weighted by Gasteiger charge is -2.35. The molecule has 2 rings (SSSR count). The average molecular weight is 465 g/mol. The van der Waals surface area contributed by atoms with Gasteiger partial charge in [0, 0.05) is 38.6 Å². The predicted octanol–water partition coefficient (Wildman–Crippen LogP) is 2.03. The maximum absolute atomic E-state index is 11.2. The third-order valence-corrected chi connectivity index (χ3v) is 5.23. The van der Waals surface area contributed by atoms with E-state index in [9.17, 15) is 4.79 Å². The van der Waals surface area contributed by atoms with Crippen molar-refractivity contribution < 1.29 is 4.79 Å². The van der Waals surface area contributed by atoms with E-state index in [-0.39, 0.29) is 29.9 Å². The van der Waals surface area contributed by atoms with Crippen LogP contribution in [0, 0.1) is 5.92 Å². The number of hydrogen-bond acceptors (Lipinski definition) is 3. The summed E-state index contributed by atoms with van der Waals surface area (Å²) >= 11 is 0. The van der Waals surface area contributed by atoms with Crippen LogP contribution in [0.3, 0.4) is 0 Å². The fourth-order valence-corrected chi connectivity index (χ4v) is 3.91. The molecule has 146 valence electrons. The van der Waals surface area contributed by atoms with Crippen molar-refractivity contribution >= 4 is 35.8 Å². The molecule has 2 fully saturated rings. The number of piperidine rings is 2. The average Bonchev–Trinajstić information content (AvgIpc) is 2.55. The van der Waals surface area contributed by atoms with E-state index in [0.717, 1.165) is 51.5 Å². The first-order chi connectivity index (χ1) is 11.6. The summed E-state index contributed by atoms with van der Waals surface area (Å²) in [6.45, 7) is 10.3. The first kappa shape index (κ1) is 22.5. The number of rotatable bonds is 6. The number of carbonyl (C=O) groups excluding carboxylic acids is 1. The van der Waals surface area contributed by atoms with Gasteiger partial charge in [-0.05, 0) is 52.0 Å². The highest BCUT2D eigenvalue weighted by atomic mass is 127. The van der Waals surface area contributed by atoms with Gasteiger partial charge in [-0.15, -0.1) is 24.0 Å². The highest BCUT2D eigenvalue weighted by Crippen LogP contribution is 2.19. The second-order valence-corrected chi connectivity index (χ2v) is 7.24. The molecule has 2 heterocycles. The summed E-state index contributed by atoms with van der Waals surface area (Å²) in [6.07, 6.45) is 6.66. The zero-order chi connectivity index (χ0) is 17.4. The molecule has 2 saturated heterocycles. The maximum atomic E-state index is 11.2. The van der Waals surface area contributed by atoms with Crippen LogP contribution in [0.2, 0.25) is 0 Å². The van der Waals surface area contributed by atoms with E-state index in [4.69, 9.17) is 10.7 Å². The molecule has 1 amide bonds. The van der Waals surface area contributed by atoms with Gasteiger partial charge in [0.1, 0.15) is 0 Å². The molecule has 25 heavy (non-hydrogen) atoms. The van der Waals surface area contributed by atoms with Gasteiger partial charge in [-0.3, -0.25) is 14.7 Å². The number of guanidine groups is 1. The summed E-state index contributed by atoms with van der Waals surface area (Å²) in [5.41, 5.74) is 5.37. The van der Waals surface area contributed by atoms with Crippen molar-refractivity contribution in [2.75, 3.05) is 39.3 Å². The monoisotopic (exact) mass is 465 g/mol. The third kappa shape index (κ3) is 7.68. The Labute approximate surface area is 170 Å². The summed E-state index contributed by atoms with van der Waals surface area (Å²) in [5.74, 6) is 1.17. The molecule has 0 aromatic heterocycles. The van der Waals surface area contributed by atoms with Crippen molar-refractivity contribution in [3.05, 3.63) is 0 Å². The Morgan fingerprint density at radius 3 is 2.72 bits per heavy atom. The number of carbonyl (C=O) groups is 1. The lowest BCUT2D eigenvalue weighted by molar-refractivity contribution is -0.119. The summed E-state index contributed by atoms with van der Waals surface area (Å²) in [7, 11) is 0. The minimum absolute atomic E-state index is 0. The molecule has 3 N–H and O–H groups in total. The molecule has 0 spiro atoms. The van der Waals surface area contributed by atoms with Crippen LogP contribution >= 0.6 is 24.0 Å². The quantitative estimate of drug-likeness (QED) is 0.358. The Hall–Kier alpha value is -0.570. The number of primary amides is 1. The molecule has 2 unspecified atom stereocenters. The number of likely N-dealkylation sites (tertiary alicyclic amines) is 2. The van der Waals surface area contributed by atoms with E-state index < -0.39 is 0 Å². The first-order valence-electron chi connectivity index (χ1n) is 9.65. The van der Waals surface area contributed by atoms with Crippen LogP contribution in [-0.2, 0) is 4.79 Å². The molecule has 0 aromatic carbocycles. The van der Waals surface area contributed by atoms with Crippen LogP contribution in [0.5, 0.6) is 0 Å². The van der Waals surface area contributed by atoms with Gasteiger partial charge in [-0.25, -0.2) is 0 Å².